The summed E-state index contributed by atoms with van der Waals surface area (Å²) in [4.78, 5) is 13.9. The van der Waals surface area contributed by atoms with E-state index in [4.69, 9.17) is 0 Å². The monoisotopic (exact) mass is 378 g/mol. The van der Waals surface area contributed by atoms with Gasteiger partial charge < -0.3 is 4.90 Å². The van der Waals surface area contributed by atoms with E-state index in [9.17, 15) is 17.6 Å². The number of nitrogens with zero attached hydrogens (tertiary/aromatic N) is 2. The number of hydrogen-bond donors (Lipinski definition) is 0. The van der Waals surface area contributed by atoms with E-state index in [1.54, 1.807) is 24.1 Å². The van der Waals surface area contributed by atoms with Crippen molar-refractivity contribution in [3.05, 3.63) is 71.5 Å². The van der Waals surface area contributed by atoms with E-state index >= 15 is 0 Å². The molecule has 0 spiro atoms. The summed E-state index contributed by atoms with van der Waals surface area (Å²) < 4.78 is 38.9. The van der Waals surface area contributed by atoms with Gasteiger partial charge in [-0.2, -0.15) is 4.31 Å². The highest BCUT2D eigenvalue weighted by Crippen LogP contribution is 2.13. The van der Waals surface area contributed by atoms with Gasteiger partial charge in [0.1, 0.15) is 5.82 Å². The SMILES string of the molecule is CN(Cc1ccccc1)C(=O)CCN(Cc1ccccc1F)S(C)(=O)=O. The number of carbonyl (C=O) groups is 1. The molecule has 0 unspecified atom stereocenters. The van der Waals surface area contributed by atoms with Gasteiger partial charge in [-0.25, -0.2) is 12.8 Å². The summed E-state index contributed by atoms with van der Waals surface area (Å²) in [7, 11) is -1.89. The minimum Gasteiger partial charge on any atom is -0.341 e. The average Bonchev–Trinajstić information content (AvgIpc) is 2.59. The van der Waals surface area contributed by atoms with E-state index in [2.05, 4.69) is 0 Å². The summed E-state index contributed by atoms with van der Waals surface area (Å²) in [5.41, 5.74) is 1.28. The second-order valence-electron chi connectivity index (χ2n) is 6.17. The molecular weight excluding hydrogens is 355 g/mol. The van der Waals surface area contributed by atoms with Crippen molar-refractivity contribution in [2.75, 3.05) is 19.8 Å². The fraction of sp³-hybridized carbons (Fsp3) is 0.316. The molecule has 0 aliphatic rings. The molecule has 5 nitrogen and oxygen atoms in total. The fourth-order valence-corrected chi connectivity index (χ4v) is 3.33. The van der Waals surface area contributed by atoms with Crippen LogP contribution in [0.2, 0.25) is 0 Å². The smallest absolute Gasteiger partial charge is 0.223 e. The van der Waals surface area contributed by atoms with Gasteiger partial charge >= 0.3 is 0 Å². The van der Waals surface area contributed by atoms with Gasteiger partial charge in [-0.05, 0) is 11.6 Å². The maximum atomic E-state index is 13.8. The highest BCUT2D eigenvalue weighted by molar-refractivity contribution is 7.88. The highest BCUT2D eigenvalue weighted by atomic mass is 32.2. The van der Waals surface area contributed by atoms with Crippen LogP contribution >= 0.6 is 0 Å². The molecule has 0 aromatic heterocycles. The Morgan fingerprint density at radius 3 is 2.23 bits per heavy atom. The number of amides is 1. The van der Waals surface area contributed by atoms with Crippen LogP contribution in [0.3, 0.4) is 0 Å². The molecule has 0 heterocycles. The Hall–Kier alpha value is -2.25. The van der Waals surface area contributed by atoms with Gasteiger partial charge in [0.15, 0.2) is 0 Å². The Morgan fingerprint density at radius 1 is 1.00 bits per heavy atom. The van der Waals surface area contributed by atoms with E-state index in [0.29, 0.717) is 6.54 Å². The molecule has 0 saturated heterocycles. The Kier molecular flexibility index (Phi) is 6.88. The van der Waals surface area contributed by atoms with Gasteiger partial charge in [0.2, 0.25) is 15.9 Å². The largest absolute Gasteiger partial charge is 0.341 e. The molecule has 0 N–H and O–H groups in total. The third-order valence-corrected chi connectivity index (χ3v) is 5.29. The first-order valence-electron chi connectivity index (χ1n) is 8.24. The first kappa shape index (κ1) is 20.1. The summed E-state index contributed by atoms with van der Waals surface area (Å²) in [6.07, 6.45) is 1.09. The first-order valence-corrected chi connectivity index (χ1v) is 10.1. The molecule has 2 aromatic rings. The minimum atomic E-state index is -3.56. The molecule has 0 saturated carbocycles. The first-order chi connectivity index (χ1) is 12.3. The van der Waals surface area contributed by atoms with Crippen LogP contribution < -0.4 is 0 Å². The van der Waals surface area contributed by atoms with Crippen LogP contribution in [0.4, 0.5) is 4.39 Å². The van der Waals surface area contributed by atoms with Crippen LogP contribution in [0, 0.1) is 5.82 Å². The van der Waals surface area contributed by atoms with Crippen molar-refractivity contribution in [2.45, 2.75) is 19.5 Å². The normalized spacial score (nSPS) is 11.5. The van der Waals surface area contributed by atoms with E-state index in [0.717, 1.165) is 16.1 Å². The van der Waals surface area contributed by atoms with Gasteiger partial charge in [-0.1, -0.05) is 48.5 Å². The molecule has 140 valence electrons. The number of hydrogen-bond acceptors (Lipinski definition) is 3. The van der Waals surface area contributed by atoms with E-state index in [1.807, 2.05) is 30.3 Å². The van der Waals surface area contributed by atoms with Crippen LogP contribution in [0.1, 0.15) is 17.5 Å². The standard InChI is InChI=1S/C19H23FN2O3S/c1-21(14-16-8-4-3-5-9-16)19(23)12-13-22(26(2,24)25)15-17-10-6-7-11-18(17)20/h3-11H,12-15H2,1-2H3. The van der Waals surface area contributed by atoms with Gasteiger partial charge in [0.25, 0.3) is 0 Å². The summed E-state index contributed by atoms with van der Waals surface area (Å²) >= 11 is 0. The number of sulfonamides is 1. The van der Waals surface area contributed by atoms with Crippen molar-refractivity contribution < 1.29 is 17.6 Å². The Balaban J connectivity index is 1.98. The Morgan fingerprint density at radius 2 is 1.62 bits per heavy atom. The number of benzene rings is 2. The van der Waals surface area contributed by atoms with Gasteiger partial charge in [0, 0.05) is 38.7 Å². The molecule has 0 atom stereocenters. The minimum absolute atomic E-state index is 0.00509. The van der Waals surface area contributed by atoms with Gasteiger partial charge in [-0.15, -0.1) is 0 Å². The lowest BCUT2D eigenvalue weighted by Gasteiger charge is -2.22. The molecular formula is C19H23FN2O3S. The highest BCUT2D eigenvalue weighted by Gasteiger charge is 2.20. The maximum Gasteiger partial charge on any atom is 0.223 e. The summed E-state index contributed by atoms with van der Waals surface area (Å²) in [6, 6.07) is 15.6. The molecule has 1 amide bonds. The van der Waals surface area contributed by atoms with Crippen LogP contribution in [0.5, 0.6) is 0 Å². The van der Waals surface area contributed by atoms with Crippen molar-refractivity contribution in [1.29, 1.82) is 0 Å². The van der Waals surface area contributed by atoms with Crippen molar-refractivity contribution in [3.8, 4) is 0 Å². The van der Waals surface area contributed by atoms with Crippen molar-refractivity contribution in [2.24, 2.45) is 0 Å². The zero-order chi connectivity index (χ0) is 19.2. The zero-order valence-electron chi connectivity index (χ0n) is 14.9. The zero-order valence-corrected chi connectivity index (χ0v) is 15.7. The van der Waals surface area contributed by atoms with Crippen LogP contribution in [-0.2, 0) is 27.9 Å². The third kappa shape index (κ3) is 5.93. The van der Waals surface area contributed by atoms with Crippen molar-refractivity contribution >= 4 is 15.9 Å². The number of carbonyl (C=O) groups excluding carboxylic acids is 1. The van der Waals surface area contributed by atoms with Crippen LogP contribution in [-0.4, -0.2) is 43.4 Å². The second kappa shape index (κ2) is 8.91. The van der Waals surface area contributed by atoms with Crippen LogP contribution in [0.25, 0.3) is 0 Å². The predicted octanol–water partition coefficient (Wildman–Crippen LogP) is 2.64. The predicted molar refractivity (Wildman–Crippen MR) is 99.2 cm³/mol. The molecule has 0 fully saturated rings. The molecule has 0 aliphatic carbocycles. The lowest BCUT2D eigenvalue weighted by molar-refractivity contribution is -0.130. The second-order valence-corrected chi connectivity index (χ2v) is 8.16. The summed E-state index contributed by atoms with van der Waals surface area (Å²) in [6.45, 7) is 0.359. The quantitative estimate of drug-likeness (QED) is 0.710. The molecule has 2 rings (SSSR count). The van der Waals surface area contributed by atoms with Gasteiger partial charge in [-0.3, -0.25) is 4.79 Å². The lowest BCUT2D eigenvalue weighted by Crippen LogP contribution is -2.35. The van der Waals surface area contributed by atoms with Crippen molar-refractivity contribution in [3.63, 3.8) is 0 Å². The van der Waals surface area contributed by atoms with Crippen LogP contribution in [0.15, 0.2) is 54.6 Å². The third-order valence-electron chi connectivity index (χ3n) is 4.04. The average molecular weight is 378 g/mol. The topological polar surface area (TPSA) is 57.7 Å². The maximum absolute atomic E-state index is 13.8. The van der Waals surface area contributed by atoms with E-state index in [1.165, 1.54) is 12.1 Å². The molecule has 7 heteroatoms. The molecule has 2 aromatic carbocycles. The fourth-order valence-electron chi connectivity index (χ4n) is 2.54. The molecule has 0 radical (unpaired) electrons. The summed E-state index contributed by atoms with van der Waals surface area (Å²) in [5, 5.41) is 0. The van der Waals surface area contributed by atoms with E-state index < -0.39 is 15.8 Å². The number of halogens is 1. The van der Waals surface area contributed by atoms with Crippen molar-refractivity contribution in [1.82, 2.24) is 9.21 Å². The summed E-state index contributed by atoms with van der Waals surface area (Å²) in [5.74, 6) is -0.635. The number of rotatable bonds is 8. The molecule has 0 bridgehead atoms. The van der Waals surface area contributed by atoms with Gasteiger partial charge in [0.05, 0.1) is 6.26 Å². The Bertz CT molecular complexity index is 841. The molecule has 26 heavy (non-hydrogen) atoms. The van der Waals surface area contributed by atoms with E-state index in [-0.39, 0.29) is 31.0 Å². The molecule has 0 aliphatic heterocycles. The lowest BCUT2D eigenvalue weighted by atomic mass is 10.2. The Labute approximate surface area is 154 Å².